The van der Waals surface area contributed by atoms with Crippen molar-refractivity contribution in [1.82, 2.24) is 0 Å². The summed E-state index contributed by atoms with van der Waals surface area (Å²) in [6, 6.07) is 7.00. The van der Waals surface area contributed by atoms with Gasteiger partial charge in [0.2, 0.25) is 0 Å². The highest BCUT2D eigenvalue weighted by atomic mass is 15.1. The van der Waals surface area contributed by atoms with Crippen LogP contribution in [0.2, 0.25) is 0 Å². The SMILES string of the molecule is C/C=C(\C=C/CC)c1ccc2c(c1)C(C1CC1)=C/C(=C\C)N2CC. The maximum atomic E-state index is 2.43. The van der Waals surface area contributed by atoms with Crippen LogP contribution in [-0.2, 0) is 0 Å². The van der Waals surface area contributed by atoms with E-state index in [1.54, 1.807) is 5.57 Å². The molecule has 1 aliphatic heterocycles. The van der Waals surface area contributed by atoms with Gasteiger partial charge in [0, 0.05) is 23.5 Å². The van der Waals surface area contributed by atoms with Gasteiger partial charge in [-0.3, -0.25) is 0 Å². The first-order valence-corrected chi connectivity index (χ1v) is 9.36. The van der Waals surface area contributed by atoms with Crippen molar-refractivity contribution in [3.63, 3.8) is 0 Å². The first-order chi connectivity index (χ1) is 11.7. The second-order valence-electron chi connectivity index (χ2n) is 6.62. The van der Waals surface area contributed by atoms with Crippen LogP contribution in [0.15, 0.2) is 54.3 Å². The topological polar surface area (TPSA) is 3.24 Å². The van der Waals surface area contributed by atoms with Crippen LogP contribution in [0.1, 0.15) is 58.1 Å². The second kappa shape index (κ2) is 7.25. The van der Waals surface area contributed by atoms with Crippen LogP contribution in [0.25, 0.3) is 11.1 Å². The van der Waals surface area contributed by atoms with Crippen molar-refractivity contribution in [3.05, 3.63) is 65.4 Å². The molecule has 1 aromatic rings. The number of likely N-dealkylation sites (N-methyl/N-ethyl adjacent to an activating group) is 1. The van der Waals surface area contributed by atoms with Gasteiger partial charge in [0.15, 0.2) is 0 Å². The maximum Gasteiger partial charge on any atom is 0.0487 e. The number of hydrogen-bond donors (Lipinski definition) is 0. The zero-order valence-electron chi connectivity index (χ0n) is 15.5. The van der Waals surface area contributed by atoms with E-state index in [-0.39, 0.29) is 0 Å². The molecule has 0 radical (unpaired) electrons. The minimum atomic E-state index is 0.758. The highest BCUT2D eigenvalue weighted by Gasteiger charge is 2.32. The standard InChI is InChI=1S/C23H29N/c1-5-9-10-17(6-2)19-13-14-23-22(15-19)21(18-11-12-18)16-20(7-3)24(23)8-4/h6-7,9-10,13-16,18H,5,8,11-12H2,1-4H3/b10-9-,17-6+,20-7+. The molecule has 1 aliphatic carbocycles. The average molecular weight is 319 g/mol. The number of hydrogen-bond acceptors (Lipinski definition) is 1. The van der Waals surface area contributed by atoms with Gasteiger partial charge in [0.05, 0.1) is 0 Å². The third-order valence-electron chi connectivity index (χ3n) is 5.02. The molecule has 0 aromatic heterocycles. The number of benzene rings is 1. The molecule has 0 bridgehead atoms. The van der Waals surface area contributed by atoms with Crippen LogP contribution in [0, 0.1) is 5.92 Å². The molecule has 1 fully saturated rings. The van der Waals surface area contributed by atoms with E-state index in [1.807, 2.05) is 0 Å². The molecule has 2 aliphatic rings. The minimum absolute atomic E-state index is 0.758. The van der Waals surface area contributed by atoms with Gasteiger partial charge in [0.25, 0.3) is 0 Å². The Hall–Kier alpha value is -2.02. The highest BCUT2D eigenvalue weighted by Crippen LogP contribution is 2.48. The molecule has 1 heterocycles. The van der Waals surface area contributed by atoms with Crippen LogP contribution >= 0.6 is 0 Å². The smallest absolute Gasteiger partial charge is 0.0487 e. The quantitative estimate of drug-likeness (QED) is 0.553. The van der Waals surface area contributed by atoms with Crippen molar-refractivity contribution in [2.45, 2.75) is 47.0 Å². The van der Waals surface area contributed by atoms with Crippen molar-refractivity contribution >= 4 is 16.8 Å². The van der Waals surface area contributed by atoms with Gasteiger partial charge in [-0.2, -0.15) is 0 Å². The lowest BCUT2D eigenvalue weighted by Crippen LogP contribution is -2.25. The molecule has 1 saturated carbocycles. The Bertz CT molecular complexity index is 726. The van der Waals surface area contributed by atoms with Crippen LogP contribution in [0.3, 0.4) is 0 Å². The van der Waals surface area contributed by atoms with Gasteiger partial charge in [-0.1, -0.05) is 37.3 Å². The van der Waals surface area contributed by atoms with Crippen molar-refractivity contribution in [2.24, 2.45) is 5.92 Å². The fourth-order valence-corrected chi connectivity index (χ4v) is 3.56. The predicted molar refractivity (Wildman–Crippen MR) is 107 cm³/mol. The molecule has 0 amide bonds. The van der Waals surface area contributed by atoms with E-state index in [2.05, 4.69) is 81.2 Å². The van der Waals surface area contributed by atoms with Crippen LogP contribution in [0.5, 0.6) is 0 Å². The summed E-state index contributed by atoms with van der Waals surface area (Å²) in [5.74, 6) is 0.758. The zero-order valence-corrected chi connectivity index (χ0v) is 15.5. The normalized spacial score (nSPS) is 19.8. The first-order valence-electron chi connectivity index (χ1n) is 9.36. The lowest BCUT2D eigenvalue weighted by Gasteiger charge is -2.32. The minimum Gasteiger partial charge on any atom is -0.342 e. The first kappa shape index (κ1) is 16.8. The molecule has 1 nitrogen and oxygen atoms in total. The van der Waals surface area contributed by atoms with E-state index in [4.69, 9.17) is 0 Å². The van der Waals surface area contributed by atoms with Crippen molar-refractivity contribution in [3.8, 4) is 0 Å². The van der Waals surface area contributed by atoms with Gasteiger partial charge < -0.3 is 4.90 Å². The summed E-state index contributed by atoms with van der Waals surface area (Å²) in [4.78, 5) is 2.43. The van der Waals surface area contributed by atoms with E-state index in [1.165, 1.54) is 40.9 Å². The average Bonchev–Trinajstić information content (AvgIpc) is 3.45. The Morgan fingerprint density at radius 3 is 2.58 bits per heavy atom. The molecule has 3 rings (SSSR count). The van der Waals surface area contributed by atoms with Crippen LogP contribution in [0.4, 0.5) is 5.69 Å². The zero-order chi connectivity index (χ0) is 17.1. The van der Waals surface area contributed by atoms with Crippen molar-refractivity contribution < 1.29 is 0 Å². The Morgan fingerprint density at radius 2 is 2.00 bits per heavy atom. The lowest BCUT2D eigenvalue weighted by molar-refractivity contribution is 0.953. The van der Waals surface area contributed by atoms with E-state index in [9.17, 15) is 0 Å². The summed E-state index contributed by atoms with van der Waals surface area (Å²) in [5, 5.41) is 0. The van der Waals surface area contributed by atoms with E-state index < -0.39 is 0 Å². The summed E-state index contributed by atoms with van der Waals surface area (Å²) < 4.78 is 0. The third kappa shape index (κ3) is 3.13. The van der Waals surface area contributed by atoms with Crippen LogP contribution in [-0.4, -0.2) is 6.54 Å². The number of allylic oxidation sites excluding steroid dienone is 7. The van der Waals surface area contributed by atoms with Gasteiger partial charge in [0.1, 0.15) is 0 Å². The molecule has 24 heavy (non-hydrogen) atoms. The predicted octanol–water partition coefficient (Wildman–Crippen LogP) is 6.59. The molecule has 1 heteroatoms. The number of rotatable bonds is 5. The lowest BCUT2D eigenvalue weighted by atomic mass is 9.90. The second-order valence-corrected chi connectivity index (χ2v) is 6.62. The van der Waals surface area contributed by atoms with E-state index >= 15 is 0 Å². The van der Waals surface area contributed by atoms with Gasteiger partial charge in [-0.15, -0.1) is 0 Å². The molecule has 1 aromatic carbocycles. The number of nitrogens with zero attached hydrogens (tertiary/aromatic N) is 1. The molecule has 126 valence electrons. The fourth-order valence-electron chi connectivity index (χ4n) is 3.56. The summed E-state index contributed by atoms with van der Waals surface area (Å²) >= 11 is 0. The Kier molecular flexibility index (Phi) is 5.08. The maximum absolute atomic E-state index is 2.43. The summed E-state index contributed by atoms with van der Waals surface area (Å²) in [7, 11) is 0. The molecule has 0 saturated heterocycles. The summed E-state index contributed by atoms with van der Waals surface area (Å²) in [5.41, 5.74) is 8.33. The van der Waals surface area contributed by atoms with Gasteiger partial charge in [-0.05, 0) is 80.9 Å². The fraction of sp³-hybridized carbons (Fsp3) is 0.391. The van der Waals surface area contributed by atoms with Crippen molar-refractivity contribution in [2.75, 3.05) is 11.4 Å². The summed E-state index contributed by atoms with van der Waals surface area (Å²) in [6.07, 6.45) is 15.1. The molecular weight excluding hydrogens is 290 g/mol. The van der Waals surface area contributed by atoms with E-state index in [0.29, 0.717) is 0 Å². The Labute approximate surface area is 147 Å². The summed E-state index contributed by atoms with van der Waals surface area (Å²) in [6.45, 7) is 9.70. The Balaban J connectivity index is 2.09. The van der Waals surface area contributed by atoms with Gasteiger partial charge >= 0.3 is 0 Å². The van der Waals surface area contributed by atoms with Gasteiger partial charge in [-0.25, -0.2) is 0 Å². The number of anilines is 1. The molecular formula is C23H29N. The molecule has 0 N–H and O–H groups in total. The Morgan fingerprint density at radius 1 is 1.21 bits per heavy atom. The molecule has 0 unspecified atom stereocenters. The van der Waals surface area contributed by atoms with E-state index in [0.717, 1.165) is 18.9 Å². The molecule has 0 atom stereocenters. The largest absolute Gasteiger partial charge is 0.342 e. The highest BCUT2D eigenvalue weighted by molar-refractivity contribution is 5.89. The number of fused-ring (bicyclic) bond motifs is 1. The monoisotopic (exact) mass is 319 g/mol. The van der Waals surface area contributed by atoms with Crippen LogP contribution < -0.4 is 4.90 Å². The third-order valence-corrected chi connectivity index (χ3v) is 5.02. The van der Waals surface area contributed by atoms with Crippen molar-refractivity contribution in [1.29, 1.82) is 0 Å². The molecule has 0 spiro atoms.